The summed E-state index contributed by atoms with van der Waals surface area (Å²) >= 11 is 5.52. The summed E-state index contributed by atoms with van der Waals surface area (Å²) in [4.78, 5) is 10.4. The van der Waals surface area contributed by atoms with E-state index in [0.29, 0.717) is 5.02 Å². The van der Waals surface area contributed by atoms with E-state index in [9.17, 15) is 9.18 Å². The maximum atomic E-state index is 13.2. The highest BCUT2D eigenvalue weighted by Gasteiger charge is 2.33. The van der Waals surface area contributed by atoms with Gasteiger partial charge in [0, 0.05) is 6.20 Å². The van der Waals surface area contributed by atoms with Gasteiger partial charge in [0.05, 0.1) is 17.8 Å². The molecule has 0 spiro atoms. The van der Waals surface area contributed by atoms with E-state index >= 15 is 0 Å². The third-order valence-corrected chi connectivity index (χ3v) is 1.70. The van der Waals surface area contributed by atoms with E-state index in [-0.39, 0.29) is 6.54 Å². The molecule has 0 fully saturated rings. The molecule has 0 amide bonds. The third kappa shape index (κ3) is 2.42. The van der Waals surface area contributed by atoms with E-state index in [4.69, 9.17) is 16.7 Å². The van der Waals surface area contributed by atoms with Crippen molar-refractivity contribution in [3.63, 3.8) is 0 Å². The summed E-state index contributed by atoms with van der Waals surface area (Å²) in [6.45, 7) is 0.625. The van der Waals surface area contributed by atoms with Crippen LogP contribution in [0.4, 0.5) is 4.39 Å². The van der Waals surface area contributed by atoms with Gasteiger partial charge in [-0.25, -0.2) is 9.18 Å². The molecular weight excluding hydrogens is 199 g/mol. The average Bonchev–Trinajstić information content (AvgIpc) is 2.34. The minimum absolute atomic E-state index is 0.348. The number of halogens is 2. The van der Waals surface area contributed by atoms with Crippen LogP contribution in [0.15, 0.2) is 12.4 Å². The molecule has 0 saturated carbocycles. The second-order valence-electron chi connectivity index (χ2n) is 2.86. The minimum atomic E-state index is -2.32. The first kappa shape index (κ1) is 9.98. The number of alkyl halides is 1. The van der Waals surface area contributed by atoms with E-state index in [1.54, 1.807) is 0 Å². The lowest BCUT2D eigenvalue weighted by atomic mass is 10.1. The Bertz CT molecular complexity index is 324. The zero-order valence-corrected chi connectivity index (χ0v) is 7.62. The molecule has 0 aliphatic carbocycles. The summed E-state index contributed by atoms with van der Waals surface area (Å²) in [5.74, 6) is -1.51. The van der Waals surface area contributed by atoms with Gasteiger partial charge >= 0.3 is 5.97 Å². The molecule has 0 aromatic carbocycles. The van der Waals surface area contributed by atoms with Gasteiger partial charge in [0.1, 0.15) is 0 Å². The summed E-state index contributed by atoms with van der Waals surface area (Å²) in [6, 6.07) is 0. The van der Waals surface area contributed by atoms with Gasteiger partial charge in [0.25, 0.3) is 0 Å². The van der Waals surface area contributed by atoms with E-state index in [1.165, 1.54) is 12.4 Å². The van der Waals surface area contributed by atoms with Crippen molar-refractivity contribution in [2.45, 2.75) is 19.1 Å². The Hall–Kier alpha value is -1.10. The van der Waals surface area contributed by atoms with Crippen LogP contribution in [-0.4, -0.2) is 26.5 Å². The third-order valence-electron chi connectivity index (χ3n) is 1.51. The molecule has 0 aliphatic heterocycles. The fraction of sp³-hybridized carbons (Fsp3) is 0.429. The van der Waals surface area contributed by atoms with Crippen LogP contribution in [0.25, 0.3) is 0 Å². The second-order valence-corrected chi connectivity index (χ2v) is 3.30. The van der Waals surface area contributed by atoms with E-state index in [1.807, 2.05) is 0 Å². The summed E-state index contributed by atoms with van der Waals surface area (Å²) in [6.07, 6.45) is 2.68. The number of nitrogens with zero attached hydrogens (tertiary/aromatic N) is 2. The van der Waals surface area contributed by atoms with Crippen LogP contribution >= 0.6 is 11.6 Å². The van der Waals surface area contributed by atoms with Crippen LogP contribution in [0.1, 0.15) is 6.92 Å². The molecule has 1 rings (SSSR count). The van der Waals surface area contributed by atoms with Crippen molar-refractivity contribution in [2.75, 3.05) is 0 Å². The standard InChI is InChI=1S/C7H8ClFN2O2/c1-7(9,6(12)13)4-11-3-5(8)2-10-11/h2-3H,4H2,1H3,(H,12,13). The summed E-state index contributed by atoms with van der Waals surface area (Å²) in [5, 5.41) is 12.5. The Balaban J connectivity index is 2.74. The first-order chi connectivity index (χ1) is 5.92. The second kappa shape index (κ2) is 3.33. The highest BCUT2D eigenvalue weighted by Crippen LogP contribution is 2.14. The van der Waals surface area contributed by atoms with Crippen molar-refractivity contribution in [1.82, 2.24) is 9.78 Å². The van der Waals surface area contributed by atoms with Gasteiger partial charge in [-0.3, -0.25) is 4.68 Å². The molecule has 1 N–H and O–H groups in total. The number of aromatic nitrogens is 2. The van der Waals surface area contributed by atoms with Crippen LogP contribution in [0.3, 0.4) is 0 Å². The molecule has 0 radical (unpaired) electrons. The normalized spacial score (nSPS) is 15.3. The van der Waals surface area contributed by atoms with Crippen molar-refractivity contribution >= 4 is 17.6 Å². The molecule has 72 valence electrons. The Morgan fingerprint density at radius 1 is 1.92 bits per heavy atom. The molecule has 13 heavy (non-hydrogen) atoms. The predicted octanol–water partition coefficient (Wildman–Crippen LogP) is 1.35. The van der Waals surface area contributed by atoms with E-state index < -0.39 is 11.6 Å². The molecular formula is C7H8ClFN2O2. The van der Waals surface area contributed by atoms with Crippen LogP contribution in [0.5, 0.6) is 0 Å². The van der Waals surface area contributed by atoms with Gasteiger partial charge in [-0.05, 0) is 6.92 Å². The van der Waals surface area contributed by atoms with Crippen molar-refractivity contribution < 1.29 is 14.3 Å². The largest absolute Gasteiger partial charge is 0.479 e. The van der Waals surface area contributed by atoms with Gasteiger partial charge < -0.3 is 5.11 Å². The van der Waals surface area contributed by atoms with Gasteiger partial charge in [0.2, 0.25) is 5.67 Å². The number of carbonyl (C=O) groups is 1. The van der Waals surface area contributed by atoms with Gasteiger partial charge in [-0.2, -0.15) is 5.10 Å². The number of hydrogen-bond donors (Lipinski definition) is 1. The van der Waals surface area contributed by atoms with Crippen molar-refractivity contribution in [3.05, 3.63) is 17.4 Å². The van der Waals surface area contributed by atoms with Crippen LogP contribution < -0.4 is 0 Å². The number of hydrogen-bond acceptors (Lipinski definition) is 2. The molecule has 0 aliphatic rings. The molecule has 1 atom stereocenters. The lowest BCUT2D eigenvalue weighted by Crippen LogP contribution is -2.35. The minimum Gasteiger partial charge on any atom is -0.479 e. The number of aliphatic carboxylic acids is 1. The topological polar surface area (TPSA) is 55.1 Å². The lowest BCUT2D eigenvalue weighted by Gasteiger charge is -2.14. The highest BCUT2D eigenvalue weighted by molar-refractivity contribution is 6.30. The Kier molecular flexibility index (Phi) is 2.56. The molecule has 0 saturated heterocycles. The first-order valence-corrected chi connectivity index (χ1v) is 3.90. The molecule has 6 heteroatoms. The molecule has 0 bridgehead atoms. The zero-order chi connectivity index (χ0) is 10.1. The maximum absolute atomic E-state index is 13.2. The molecule has 1 aromatic rings. The molecule has 4 nitrogen and oxygen atoms in total. The summed E-state index contributed by atoms with van der Waals surface area (Å²) in [5.41, 5.74) is -2.32. The molecule has 1 unspecified atom stereocenters. The zero-order valence-electron chi connectivity index (χ0n) is 6.87. The maximum Gasteiger partial charge on any atom is 0.343 e. The first-order valence-electron chi connectivity index (χ1n) is 3.52. The Morgan fingerprint density at radius 2 is 2.54 bits per heavy atom. The van der Waals surface area contributed by atoms with Crippen molar-refractivity contribution in [3.8, 4) is 0 Å². The number of carboxylic acid groups (broad SMARTS) is 1. The summed E-state index contributed by atoms with van der Waals surface area (Å²) in [7, 11) is 0. The SMILES string of the molecule is CC(F)(Cn1cc(Cl)cn1)C(=O)O. The Labute approximate surface area is 78.9 Å². The van der Waals surface area contributed by atoms with E-state index in [2.05, 4.69) is 5.10 Å². The predicted molar refractivity (Wildman–Crippen MR) is 44.4 cm³/mol. The van der Waals surface area contributed by atoms with Gasteiger partial charge in [0.15, 0.2) is 0 Å². The Morgan fingerprint density at radius 3 is 2.92 bits per heavy atom. The lowest BCUT2D eigenvalue weighted by molar-refractivity contribution is -0.150. The fourth-order valence-electron chi connectivity index (χ4n) is 0.797. The average molecular weight is 207 g/mol. The quantitative estimate of drug-likeness (QED) is 0.812. The molecule has 1 heterocycles. The smallest absolute Gasteiger partial charge is 0.343 e. The fourth-order valence-corrected chi connectivity index (χ4v) is 0.953. The van der Waals surface area contributed by atoms with Crippen molar-refractivity contribution in [2.24, 2.45) is 0 Å². The monoisotopic (exact) mass is 206 g/mol. The van der Waals surface area contributed by atoms with Crippen LogP contribution in [0.2, 0.25) is 5.02 Å². The number of rotatable bonds is 3. The summed E-state index contributed by atoms with van der Waals surface area (Å²) < 4.78 is 14.4. The van der Waals surface area contributed by atoms with Crippen molar-refractivity contribution in [1.29, 1.82) is 0 Å². The van der Waals surface area contributed by atoms with Gasteiger partial charge in [-0.1, -0.05) is 11.6 Å². The number of carboxylic acids is 1. The molecule has 1 aromatic heterocycles. The van der Waals surface area contributed by atoms with E-state index in [0.717, 1.165) is 11.6 Å². The van der Waals surface area contributed by atoms with Crippen LogP contribution in [0, 0.1) is 0 Å². The van der Waals surface area contributed by atoms with Crippen LogP contribution in [-0.2, 0) is 11.3 Å². The van der Waals surface area contributed by atoms with Gasteiger partial charge in [-0.15, -0.1) is 0 Å². The highest BCUT2D eigenvalue weighted by atomic mass is 35.5.